The topological polar surface area (TPSA) is 127 Å². The third-order valence-corrected chi connectivity index (χ3v) is 9.21. The van der Waals surface area contributed by atoms with Crippen LogP contribution in [0, 0.1) is 0 Å². The summed E-state index contributed by atoms with van der Waals surface area (Å²) in [7, 11) is 0. The van der Waals surface area contributed by atoms with E-state index >= 15 is 0 Å². The van der Waals surface area contributed by atoms with Crippen molar-refractivity contribution in [2.24, 2.45) is 0 Å². The third kappa shape index (κ3) is 11.4. The number of benzene rings is 2. The second kappa shape index (κ2) is 17.0. The van der Waals surface area contributed by atoms with Crippen LogP contribution in [-0.2, 0) is 0 Å². The Kier molecular flexibility index (Phi) is 13.5. The van der Waals surface area contributed by atoms with Crippen LogP contribution in [-0.4, -0.2) is 69.8 Å². The van der Waals surface area contributed by atoms with Crippen LogP contribution < -0.4 is 29.6 Å². The molecule has 2 heterocycles. The van der Waals surface area contributed by atoms with E-state index in [-0.39, 0.29) is 36.1 Å². The van der Waals surface area contributed by atoms with Crippen molar-refractivity contribution >= 4 is 43.1 Å². The first-order chi connectivity index (χ1) is 23.0. The maximum atomic E-state index is 11.1. The molecule has 4 rings (SSSR count). The van der Waals surface area contributed by atoms with Crippen LogP contribution in [0.15, 0.2) is 24.3 Å². The fraction of sp³-hybridized carbons (Fsp3) is 0.622. The number of rotatable bonds is 18. The van der Waals surface area contributed by atoms with Gasteiger partial charge in [-0.05, 0) is 113 Å². The van der Waals surface area contributed by atoms with Gasteiger partial charge in [0.1, 0.15) is 33.7 Å². The Morgan fingerprint density at radius 1 is 0.714 bits per heavy atom. The Morgan fingerprint density at radius 2 is 1.20 bits per heavy atom. The summed E-state index contributed by atoms with van der Waals surface area (Å²) in [5.74, 6) is 1.40. The first kappa shape index (κ1) is 39.1. The molecule has 0 aliphatic carbocycles. The lowest BCUT2D eigenvalue weighted by molar-refractivity contribution is 0.132. The smallest absolute Gasteiger partial charge is 0.274 e. The monoisotopic (exact) mass is 716 g/mol. The van der Waals surface area contributed by atoms with Gasteiger partial charge in [0.15, 0.2) is 0 Å². The highest BCUT2D eigenvalue weighted by Crippen LogP contribution is 2.41. The number of nitrogens with zero attached hydrogens (tertiary/aromatic N) is 2. The van der Waals surface area contributed by atoms with E-state index in [0.29, 0.717) is 28.4 Å². The molecule has 272 valence electrons. The summed E-state index contributed by atoms with van der Waals surface area (Å²) >= 11 is 2.93. The molecule has 49 heavy (non-hydrogen) atoms. The standard InChI is InChI=1S/C37H56N4O6S2/c1-22(2)44-34-40-30-28(46-36(5,6)7)16-14-24(32(30)48-34)26(21-42)39-19-13-11-12-18-38-20-27(43)25-15-17-29(47-37(8,9)10)31-33(25)49-35(41-31)45-23(3)4/h14-17,22-23,26-27,38-39,42-43H,11-13,18-21H2,1-10H3/t26?,27-/m1/s1. The molecule has 12 heteroatoms. The molecule has 0 radical (unpaired) electrons. The van der Waals surface area contributed by atoms with E-state index in [1.165, 1.54) is 22.7 Å². The van der Waals surface area contributed by atoms with Crippen molar-refractivity contribution in [3.05, 3.63) is 35.4 Å². The van der Waals surface area contributed by atoms with Crippen molar-refractivity contribution in [1.29, 1.82) is 0 Å². The fourth-order valence-electron chi connectivity index (χ4n) is 5.28. The molecule has 10 nitrogen and oxygen atoms in total. The van der Waals surface area contributed by atoms with E-state index in [1.54, 1.807) is 0 Å². The number of aliphatic hydroxyl groups is 2. The van der Waals surface area contributed by atoms with E-state index in [1.807, 2.05) is 93.5 Å². The summed E-state index contributed by atoms with van der Waals surface area (Å²) in [6.07, 6.45) is 2.23. The number of hydrogen-bond acceptors (Lipinski definition) is 12. The Bertz CT molecular complexity index is 1640. The van der Waals surface area contributed by atoms with Gasteiger partial charge in [0.25, 0.3) is 10.4 Å². The van der Waals surface area contributed by atoms with Crippen molar-refractivity contribution in [3.63, 3.8) is 0 Å². The maximum Gasteiger partial charge on any atom is 0.274 e. The lowest BCUT2D eigenvalue weighted by Crippen LogP contribution is -2.26. The molecule has 0 saturated heterocycles. The Hall–Kier alpha value is -2.74. The molecular formula is C37H56N4O6S2. The number of hydrogen-bond donors (Lipinski definition) is 4. The van der Waals surface area contributed by atoms with Crippen LogP contribution in [0.4, 0.5) is 0 Å². The third-order valence-electron chi connectivity index (χ3n) is 7.22. The quantitative estimate of drug-likeness (QED) is 0.0754. The molecule has 0 spiro atoms. The van der Waals surface area contributed by atoms with E-state index in [4.69, 9.17) is 28.9 Å². The summed E-state index contributed by atoms with van der Waals surface area (Å²) < 4.78 is 26.0. The number of nitrogens with one attached hydrogen (secondary N) is 2. The molecular weight excluding hydrogens is 661 g/mol. The molecule has 0 aliphatic rings. The molecule has 4 aromatic rings. The number of aromatic nitrogens is 2. The highest BCUT2D eigenvalue weighted by Gasteiger charge is 2.24. The van der Waals surface area contributed by atoms with Crippen molar-refractivity contribution < 1.29 is 29.2 Å². The highest BCUT2D eigenvalue weighted by atomic mass is 32.1. The summed E-state index contributed by atoms with van der Waals surface area (Å²) in [4.78, 5) is 9.45. The summed E-state index contributed by atoms with van der Waals surface area (Å²) in [5, 5.41) is 29.6. The van der Waals surface area contributed by atoms with Crippen LogP contribution in [0.1, 0.15) is 112 Å². The average Bonchev–Trinajstić information content (AvgIpc) is 3.59. The van der Waals surface area contributed by atoms with Crippen LogP contribution in [0.25, 0.3) is 20.4 Å². The zero-order valence-electron chi connectivity index (χ0n) is 30.8. The minimum atomic E-state index is -0.694. The van der Waals surface area contributed by atoms with Gasteiger partial charge >= 0.3 is 0 Å². The van der Waals surface area contributed by atoms with E-state index < -0.39 is 6.10 Å². The molecule has 2 aromatic heterocycles. The molecule has 0 bridgehead atoms. The van der Waals surface area contributed by atoms with E-state index in [0.717, 1.165) is 63.9 Å². The predicted molar refractivity (Wildman–Crippen MR) is 201 cm³/mol. The van der Waals surface area contributed by atoms with Crippen LogP contribution >= 0.6 is 22.7 Å². The van der Waals surface area contributed by atoms with Gasteiger partial charge in [-0.1, -0.05) is 41.2 Å². The number of ether oxygens (including phenoxy) is 4. The minimum Gasteiger partial charge on any atom is -0.486 e. The van der Waals surface area contributed by atoms with Gasteiger partial charge in [-0.25, -0.2) is 0 Å². The van der Waals surface area contributed by atoms with Crippen molar-refractivity contribution in [2.45, 2.75) is 124 Å². The zero-order chi connectivity index (χ0) is 35.9. The van der Waals surface area contributed by atoms with E-state index in [9.17, 15) is 10.2 Å². The minimum absolute atomic E-state index is 0.000434. The molecule has 2 aromatic carbocycles. The van der Waals surface area contributed by atoms with E-state index in [2.05, 4.69) is 10.6 Å². The molecule has 4 N–H and O–H groups in total. The highest BCUT2D eigenvalue weighted by molar-refractivity contribution is 7.20. The Balaban J connectivity index is 1.29. The van der Waals surface area contributed by atoms with Gasteiger partial charge in [0, 0.05) is 12.1 Å². The number of aliphatic hydroxyl groups excluding tert-OH is 2. The molecule has 0 saturated carbocycles. The summed E-state index contributed by atoms with van der Waals surface area (Å²) in [6.45, 7) is 21.9. The molecule has 0 fully saturated rings. The second-order valence-electron chi connectivity index (χ2n) is 14.9. The SMILES string of the molecule is CC(C)Oc1nc2c(OC(C)(C)C)ccc(C(CO)NCCCCCNC[C@@H](O)c3ccc(OC(C)(C)C)c4nc(OC(C)C)sc34)c2s1. The van der Waals surface area contributed by atoms with Gasteiger partial charge in [0.2, 0.25) is 0 Å². The summed E-state index contributed by atoms with van der Waals surface area (Å²) in [6, 6.07) is 7.55. The van der Waals surface area contributed by atoms with Gasteiger partial charge in [0.05, 0.1) is 40.4 Å². The first-order valence-electron chi connectivity index (χ1n) is 17.4. The van der Waals surface area contributed by atoms with Gasteiger partial charge in [-0.15, -0.1) is 0 Å². The Labute approximate surface area is 299 Å². The second-order valence-corrected chi connectivity index (χ2v) is 16.8. The zero-order valence-corrected chi connectivity index (χ0v) is 32.4. The molecule has 1 unspecified atom stereocenters. The van der Waals surface area contributed by atoms with Crippen molar-refractivity contribution in [1.82, 2.24) is 20.6 Å². The first-order valence-corrected chi connectivity index (χ1v) is 19.0. The van der Waals surface area contributed by atoms with Crippen LogP contribution in [0.3, 0.4) is 0 Å². The van der Waals surface area contributed by atoms with Gasteiger partial charge in [-0.2, -0.15) is 9.97 Å². The van der Waals surface area contributed by atoms with Gasteiger partial charge < -0.3 is 39.8 Å². The summed E-state index contributed by atoms with van der Waals surface area (Å²) in [5.41, 5.74) is 2.54. The average molecular weight is 717 g/mol. The van der Waals surface area contributed by atoms with Crippen LogP contribution in [0.5, 0.6) is 21.9 Å². The fourth-order valence-corrected chi connectivity index (χ4v) is 7.52. The molecule has 0 amide bonds. The van der Waals surface area contributed by atoms with Gasteiger partial charge in [-0.3, -0.25) is 0 Å². The van der Waals surface area contributed by atoms with Crippen molar-refractivity contribution in [2.75, 3.05) is 26.2 Å². The normalized spacial score (nSPS) is 13.8. The Morgan fingerprint density at radius 3 is 1.69 bits per heavy atom. The molecule has 2 atom stereocenters. The van der Waals surface area contributed by atoms with Crippen molar-refractivity contribution in [3.8, 4) is 21.9 Å². The largest absolute Gasteiger partial charge is 0.486 e. The molecule has 0 aliphatic heterocycles. The maximum absolute atomic E-state index is 11.1. The number of fused-ring (bicyclic) bond motifs is 2. The number of unbranched alkanes of at least 4 members (excludes halogenated alkanes) is 2. The number of thiazole rings is 2. The van der Waals surface area contributed by atoms with Crippen LogP contribution in [0.2, 0.25) is 0 Å². The predicted octanol–water partition coefficient (Wildman–Crippen LogP) is 7.95. The lowest BCUT2D eigenvalue weighted by Gasteiger charge is -2.23. The lowest BCUT2D eigenvalue weighted by atomic mass is 10.1.